The molecule has 1 aromatic heterocycles. The molecule has 1 saturated heterocycles. The summed E-state index contributed by atoms with van der Waals surface area (Å²) in [6, 6.07) is 0. The predicted molar refractivity (Wildman–Crippen MR) is 52.1 cm³/mol. The number of hydrogen-bond acceptors (Lipinski definition) is 3. The van der Waals surface area contributed by atoms with E-state index in [9.17, 15) is 0 Å². The predicted octanol–water partition coefficient (Wildman–Crippen LogP) is 0.948. The Morgan fingerprint density at radius 2 is 2.36 bits per heavy atom. The first kappa shape index (κ1) is 8.44. The van der Waals surface area contributed by atoms with Gasteiger partial charge in [0.25, 0.3) is 0 Å². The third-order valence-corrected chi connectivity index (χ3v) is 2.96. The van der Waals surface area contributed by atoms with E-state index in [1.807, 2.05) is 6.20 Å². The third-order valence-electron chi connectivity index (χ3n) is 2.96. The molecule has 0 spiro atoms. The second-order valence-corrected chi connectivity index (χ2v) is 4.08. The number of rotatable bonds is 2. The van der Waals surface area contributed by atoms with Gasteiger partial charge >= 0.3 is 0 Å². The van der Waals surface area contributed by atoms with E-state index in [-0.39, 0.29) is 6.10 Å². The van der Waals surface area contributed by atoms with Crippen molar-refractivity contribution in [3.05, 3.63) is 17.5 Å². The molecular formula is C10H15N3O. The highest BCUT2D eigenvalue weighted by Gasteiger charge is 2.31. The zero-order valence-corrected chi connectivity index (χ0v) is 8.12. The first-order valence-electron chi connectivity index (χ1n) is 5.30. The highest BCUT2D eigenvalue weighted by atomic mass is 16.5. The van der Waals surface area contributed by atoms with Gasteiger partial charge in [-0.2, -0.15) is 5.10 Å². The summed E-state index contributed by atoms with van der Waals surface area (Å²) in [6.45, 7) is 2.69. The standard InChI is InChI=1S/C10H15N3O/c1-2-7(1)10-8(5-12-13-10)9-6-11-3-4-14-9/h5,7,9,11H,1-4,6H2,(H,12,13). The number of aromatic nitrogens is 2. The molecule has 2 N–H and O–H groups in total. The fourth-order valence-electron chi connectivity index (χ4n) is 2.03. The highest BCUT2D eigenvalue weighted by molar-refractivity contribution is 5.27. The van der Waals surface area contributed by atoms with Crippen LogP contribution in [0.5, 0.6) is 0 Å². The minimum Gasteiger partial charge on any atom is -0.371 e. The fraction of sp³-hybridized carbons (Fsp3) is 0.700. The van der Waals surface area contributed by atoms with Gasteiger partial charge in [0, 0.05) is 30.3 Å². The molecule has 14 heavy (non-hydrogen) atoms. The van der Waals surface area contributed by atoms with Crippen LogP contribution in [0.15, 0.2) is 6.20 Å². The molecule has 1 saturated carbocycles. The maximum Gasteiger partial charge on any atom is 0.0982 e. The molecule has 0 amide bonds. The van der Waals surface area contributed by atoms with Gasteiger partial charge in [-0.05, 0) is 12.8 Å². The zero-order valence-electron chi connectivity index (χ0n) is 8.12. The minimum atomic E-state index is 0.207. The van der Waals surface area contributed by atoms with Gasteiger partial charge in [0.15, 0.2) is 0 Å². The molecule has 1 aliphatic carbocycles. The van der Waals surface area contributed by atoms with Gasteiger partial charge in [0.1, 0.15) is 0 Å². The lowest BCUT2D eigenvalue weighted by molar-refractivity contribution is 0.0272. The van der Waals surface area contributed by atoms with Crippen molar-refractivity contribution in [3.63, 3.8) is 0 Å². The summed E-state index contributed by atoms with van der Waals surface area (Å²) in [4.78, 5) is 0. The van der Waals surface area contributed by atoms with Gasteiger partial charge in [0.05, 0.1) is 18.9 Å². The van der Waals surface area contributed by atoms with Crippen molar-refractivity contribution in [2.45, 2.75) is 24.9 Å². The van der Waals surface area contributed by atoms with Crippen molar-refractivity contribution in [2.75, 3.05) is 19.7 Å². The summed E-state index contributed by atoms with van der Waals surface area (Å²) in [5.74, 6) is 0.720. The van der Waals surface area contributed by atoms with Gasteiger partial charge in [-0.1, -0.05) is 0 Å². The van der Waals surface area contributed by atoms with E-state index in [4.69, 9.17) is 4.74 Å². The van der Waals surface area contributed by atoms with Crippen molar-refractivity contribution >= 4 is 0 Å². The number of morpholine rings is 1. The van der Waals surface area contributed by atoms with Crippen LogP contribution in [0.1, 0.15) is 36.1 Å². The molecule has 1 atom stereocenters. The molecule has 3 rings (SSSR count). The van der Waals surface area contributed by atoms with E-state index in [2.05, 4.69) is 15.5 Å². The van der Waals surface area contributed by atoms with Crippen LogP contribution in [0.4, 0.5) is 0 Å². The summed E-state index contributed by atoms with van der Waals surface area (Å²) in [5, 5.41) is 10.6. The monoisotopic (exact) mass is 193 g/mol. The number of H-pyrrole nitrogens is 1. The lowest BCUT2D eigenvalue weighted by Crippen LogP contribution is -2.33. The summed E-state index contributed by atoms with van der Waals surface area (Å²) in [6.07, 6.45) is 4.73. The molecule has 2 aliphatic rings. The van der Waals surface area contributed by atoms with Crippen molar-refractivity contribution < 1.29 is 4.74 Å². The van der Waals surface area contributed by atoms with Gasteiger partial charge in [0.2, 0.25) is 0 Å². The van der Waals surface area contributed by atoms with E-state index in [1.165, 1.54) is 24.1 Å². The number of nitrogens with zero attached hydrogens (tertiary/aromatic N) is 1. The molecule has 0 bridgehead atoms. The Kier molecular flexibility index (Phi) is 2.03. The Morgan fingerprint density at radius 3 is 3.07 bits per heavy atom. The second kappa shape index (κ2) is 3.37. The van der Waals surface area contributed by atoms with E-state index < -0.39 is 0 Å². The average molecular weight is 193 g/mol. The van der Waals surface area contributed by atoms with Crippen molar-refractivity contribution in [2.24, 2.45) is 0 Å². The normalized spacial score (nSPS) is 27.9. The van der Waals surface area contributed by atoms with Crippen LogP contribution < -0.4 is 5.32 Å². The minimum absolute atomic E-state index is 0.207. The molecule has 2 heterocycles. The topological polar surface area (TPSA) is 49.9 Å². The smallest absolute Gasteiger partial charge is 0.0982 e. The van der Waals surface area contributed by atoms with E-state index in [0.29, 0.717) is 0 Å². The first-order valence-corrected chi connectivity index (χ1v) is 5.30. The number of ether oxygens (including phenoxy) is 1. The van der Waals surface area contributed by atoms with Crippen LogP contribution in [0.2, 0.25) is 0 Å². The fourth-order valence-corrected chi connectivity index (χ4v) is 2.03. The van der Waals surface area contributed by atoms with Gasteiger partial charge < -0.3 is 10.1 Å². The molecule has 1 aliphatic heterocycles. The highest BCUT2D eigenvalue weighted by Crippen LogP contribution is 2.42. The third kappa shape index (κ3) is 1.44. The van der Waals surface area contributed by atoms with Crippen LogP contribution in [0, 0.1) is 0 Å². The maximum atomic E-state index is 5.72. The van der Waals surface area contributed by atoms with E-state index >= 15 is 0 Å². The first-order chi connectivity index (χ1) is 6.95. The van der Waals surface area contributed by atoms with E-state index in [1.54, 1.807) is 0 Å². The molecule has 1 aromatic rings. The summed E-state index contributed by atoms with van der Waals surface area (Å²) in [5.41, 5.74) is 2.57. The van der Waals surface area contributed by atoms with Crippen molar-refractivity contribution in [1.29, 1.82) is 0 Å². The molecule has 0 radical (unpaired) electrons. The lowest BCUT2D eigenvalue weighted by atomic mass is 10.1. The second-order valence-electron chi connectivity index (χ2n) is 4.08. The molecular weight excluding hydrogens is 178 g/mol. The van der Waals surface area contributed by atoms with Crippen molar-refractivity contribution in [1.82, 2.24) is 15.5 Å². The number of hydrogen-bond donors (Lipinski definition) is 2. The number of nitrogens with one attached hydrogen (secondary N) is 2. The van der Waals surface area contributed by atoms with Gasteiger partial charge in [-0.3, -0.25) is 5.10 Å². The molecule has 0 aromatic carbocycles. The van der Waals surface area contributed by atoms with Gasteiger partial charge in [-0.25, -0.2) is 0 Å². The summed E-state index contributed by atoms with van der Waals surface area (Å²) in [7, 11) is 0. The van der Waals surface area contributed by atoms with Crippen LogP contribution in [-0.2, 0) is 4.74 Å². The molecule has 4 heteroatoms. The largest absolute Gasteiger partial charge is 0.371 e. The average Bonchev–Trinajstić information content (AvgIpc) is 2.98. The molecule has 2 fully saturated rings. The quantitative estimate of drug-likeness (QED) is 0.735. The zero-order chi connectivity index (χ0) is 9.38. The molecule has 4 nitrogen and oxygen atoms in total. The SMILES string of the molecule is c1n[nH]c(C2CC2)c1C1CNCCO1. The lowest BCUT2D eigenvalue weighted by Gasteiger charge is -2.23. The Labute approximate surface area is 83.0 Å². The van der Waals surface area contributed by atoms with Crippen molar-refractivity contribution in [3.8, 4) is 0 Å². The Hall–Kier alpha value is -0.870. The van der Waals surface area contributed by atoms with Gasteiger partial charge in [-0.15, -0.1) is 0 Å². The van der Waals surface area contributed by atoms with Crippen LogP contribution in [0.25, 0.3) is 0 Å². The molecule has 76 valence electrons. The van der Waals surface area contributed by atoms with Crippen LogP contribution >= 0.6 is 0 Å². The molecule has 1 unspecified atom stereocenters. The summed E-state index contributed by atoms with van der Waals surface area (Å²) >= 11 is 0. The van der Waals surface area contributed by atoms with Crippen LogP contribution in [-0.4, -0.2) is 29.9 Å². The maximum absolute atomic E-state index is 5.72. The summed E-state index contributed by atoms with van der Waals surface area (Å²) < 4.78 is 5.72. The van der Waals surface area contributed by atoms with Crippen LogP contribution in [0.3, 0.4) is 0 Å². The Balaban J connectivity index is 1.82. The Morgan fingerprint density at radius 1 is 1.43 bits per heavy atom. The van der Waals surface area contributed by atoms with E-state index in [0.717, 1.165) is 25.6 Å². The number of aromatic amines is 1. The Bertz CT molecular complexity index is 313.